The summed E-state index contributed by atoms with van der Waals surface area (Å²) < 4.78 is 28.3. The van der Waals surface area contributed by atoms with Crippen LogP contribution in [0.1, 0.15) is 47.1 Å². The van der Waals surface area contributed by atoms with Gasteiger partial charge in [0.15, 0.2) is 5.82 Å². The first kappa shape index (κ1) is 21.3. The second-order valence-electron chi connectivity index (χ2n) is 7.95. The van der Waals surface area contributed by atoms with Crippen LogP contribution in [0.4, 0.5) is 11.8 Å². The average molecular weight is 439 g/mol. The number of benzene rings is 1. The van der Waals surface area contributed by atoms with Crippen LogP contribution >= 0.6 is 0 Å². The molecule has 1 aromatic carbocycles. The van der Waals surface area contributed by atoms with Crippen molar-refractivity contribution >= 4 is 21.8 Å². The lowest BCUT2D eigenvalue weighted by Gasteiger charge is -2.24. The lowest BCUT2D eigenvalue weighted by atomic mass is 10.1. The lowest BCUT2D eigenvalue weighted by Crippen LogP contribution is -2.31. The highest BCUT2D eigenvalue weighted by Crippen LogP contribution is 2.36. The maximum Gasteiger partial charge on any atom is 0.243 e. The maximum atomic E-state index is 13.4. The molecule has 0 aliphatic carbocycles. The molecule has 0 bridgehead atoms. The Balaban J connectivity index is 1.63. The predicted molar refractivity (Wildman–Crippen MR) is 119 cm³/mol. The van der Waals surface area contributed by atoms with E-state index in [2.05, 4.69) is 25.3 Å². The molecule has 3 heterocycles. The van der Waals surface area contributed by atoms with Gasteiger partial charge in [-0.3, -0.25) is 4.98 Å². The number of rotatable bonds is 5. The highest BCUT2D eigenvalue weighted by Gasteiger charge is 2.37. The molecule has 0 radical (unpaired) electrons. The Hall–Kier alpha value is -2.91. The zero-order chi connectivity index (χ0) is 22.2. The molecular formula is C22H26N6O2S. The third-order valence-corrected chi connectivity index (χ3v) is 7.41. The van der Waals surface area contributed by atoms with Crippen molar-refractivity contribution in [3.05, 3.63) is 64.9 Å². The van der Waals surface area contributed by atoms with Crippen molar-refractivity contribution in [3.63, 3.8) is 0 Å². The van der Waals surface area contributed by atoms with Crippen LogP contribution in [0.5, 0.6) is 0 Å². The number of nitrogens with zero attached hydrogens (tertiary/aromatic N) is 5. The van der Waals surface area contributed by atoms with Crippen LogP contribution in [-0.4, -0.2) is 39.2 Å². The van der Waals surface area contributed by atoms with Crippen molar-refractivity contribution in [2.24, 2.45) is 0 Å². The fourth-order valence-corrected chi connectivity index (χ4v) is 5.59. The van der Waals surface area contributed by atoms with Gasteiger partial charge in [0.05, 0.1) is 29.0 Å². The van der Waals surface area contributed by atoms with Crippen LogP contribution in [0, 0.1) is 27.7 Å². The molecule has 0 unspecified atom stereocenters. The Labute approximate surface area is 182 Å². The summed E-state index contributed by atoms with van der Waals surface area (Å²) in [6.07, 6.45) is 4.69. The van der Waals surface area contributed by atoms with E-state index in [-0.39, 0.29) is 6.04 Å². The summed E-state index contributed by atoms with van der Waals surface area (Å²) in [5.74, 6) is 0.924. The number of nitrogens with one attached hydrogen (secondary N) is 1. The van der Waals surface area contributed by atoms with E-state index in [1.807, 2.05) is 39.8 Å². The molecule has 1 N–H and O–H groups in total. The largest absolute Gasteiger partial charge is 0.307 e. The highest BCUT2D eigenvalue weighted by atomic mass is 32.2. The van der Waals surface area contributed by atoms with Crippen molar-refractivity contribution in [3.8, 4) is 0 Å². The summed E-state index contributed by atoms with van der Waals surface area (Å²) in [6, 6.07) is 6.79. The van der Waals surface area contributed by atoms with Crippen LogP contribution in [-0.2, 0) is 10.0 Å². The summed E-state index contributed by atoms with van der Waals surface area (Å²) in [5.41, 5.74) is 4.33. The van der Waals surface area contributed by atoms with E-state index in [1.165, 1.54) is 4.31 Å². The van der Waals surface area contributed by atoms with Gasteiger partial charge < -0.3 is 5.32 Å². The molecule has 1 saturated heterocycles. The van der Waals surface area contributed by atoms with E-state index in [0.29, 0.717) is 35.3 Å². The molecule has 162 valence electrons. The van der Waals surface area contributed by atoms with Gasteiger partial charge in [-0.05, 0) is 69.9 Å². The fraction of sp³-hybridized carbons (Fsp3) is 0.364. The van der Waals surface area contributed by atoms with E-state index in [1.54, 1.807) is 24.5 Å². The van der Waals surface area contributed by atoms with E-state index >= 15 is 0 Å². The molecule has 1 fully saturated rings. The molecule has 1 aliphatic heterocycles. The minimum Gasteiger partial charge on any atom is -0.307 e. The van der Waals surface area contributed by atoms with Crippen LogP contribution in [0.2, 0.25) is 0 Å². The number of sulfonamides is 1. The molecular weight excluding hydrogens is 412 g/mol. The monoisotopic (exact) mass is 438 g/mol. The van der Waals surface area contributed by atoms with Gasteiger partial charge in [0.25, 0.3) is 0 Å². The van der Waals surface area contributed by atoms with Crippen molar-refractivity contribution in [2.45, 2.75) is 51.5 Å². The normalized spacial score (nSPS) is 17.1. The lowest BCUT2D eigenvalue weighted by molar-refractivity contribution is 0.390. The first-order valence-electron chi connectivity index (χ1n) is 10.2. The van der Waals surface area contributed by atoms with Gasteiger partial charge in [-0.1, -0.05) is 6.07 Å². The zero-order valence-electron chi connectivity index (χ0n) is 18.1. The van der Waals surface area contributed by atoms with Crippen LogP contribution in [0.15, 0.2) is 41.6 Å². The minimum absolute atomic E-state index is 0.313. The second-order valence-corrected chi connectivity index (χ2v) is 9.84. The third-order valence-electron chi connectivity index (χ3n) is 5.51. The first-order valence-corrected chi connectivity index (χ1v) is 11.7. The van der Waals surface area contributed by atoms with E-state index in [4.69, 9.17) is 0 Å². The van der Waals surface area contributed by atoms with Crippen LogP contribution in [0.3, 0.4) is 0 Å². The SMILES string of the molecule is Cc1cc(C)nc(Nc2cncc([C@H]3CCCN3S(=O)(=O)c3ccc(C)c(C)c3)n2)n1. The van der Waals surface area contributed by atoms with Gasteiger partial charge >= 0.3 is 0 Å². The molecule has 2 aromatic heterocycles. The van der Waals surface area contributed by atoms with Gasteiger partial charge in [0.1, 0.15) is 0 Å². The predicted octanol–water partition coefficient (Wildman–Crippen LogP) is 3.77. The Bertz CT molecular complexity index is 1210. The minimum atomic E-state index is -3.64. The summed E-state index contributed by atoms with van der Waals surface area (Å²) in [7, 11) is -3.64. The Kier molecular flexibility index (Phi) is 5.72. The third kappa shape index (κ3) is 4.42. The summed E-state index contributed by atoms with van der Waals surface area (Å²) >= 11 is 0. The Morgan fingerprint density at radius 3 is 2.42 bits per heavy atom. The number of hydrogen-bond acceptors (Lipinski definition) is 7. The molecule has 1 aliphatic rings. The van der Waals surface area contributed by atoms with E-state index in [9.17, 15) is 8.42 Å². The van der Waals surface area contributed by atoms with Gasteiger partial charge in [0.2, 0.25) is 16.0 Å². The van der Waals surface area contributed by atoms with Crippen molar-refractivity contribution in [2.75, 3.05) is 11.9 Å². The molecule has 0 amide bonds. The van der Waals surface area contributed by atoms with Crippen LogP contribution in [0.25, 0.3) is 0 Å². The van der Waals surface area contributed by atoms with Gasteiger partial charge in [-0.2, -0.15) is 4.31 Å². The molecule has 4 rings (SSSR count). The maximum absolute atomic E-state index is 13.4. The summed E-state index contributed by atoms with van der Waals surface area (Å²) in [4.78, 5) is 18.0. The zero-order valence-corrected chi connectivity index (χ0v) is 18.9. The smallest absolute Gasteiger partial charge is 0.243 e. The Morgan fingerprint density at radius 1 is 0.968 bits per heavy atom. The summed E-state index contributed by atoms with van der Waals surface area (Å²) in [5, 5.41) is 3.08. The standard InChI is InChI=1S/C22H26N6O2S/c1-14-7-8-18(10-15(14)2)31(29,30)28-9-5-6-20(28)19-12-23-13-21(26-19)27-22-24-16(3)11-17(4)25-22/h7-8,10-13,20H,5-6,9H2,1-4H3,(H,24,25,26,27)/t20-/m1/s1. The van der Waals surface area contributed by atoms with Gasteiger partial charge in [0, 0.05) is 17.9 Å². The van der Waals surface area contributed by atoms with Crippen molar-refractivity contribution < 1.29 is 8.42 Å². The quantitative estimate of drug-likeness (QED) is 0.647. The topological polar surface area (TPSA) is 101 Å². The van der Waals surface area contributed by atoms with Crippen molar-refractivity contribution in [1.29, 1.82) is 0 Å². The van der Waals surface area contributed by atoms with Crippen molar-refractivity contribution in [1.82, 2.24) is 24.2 Å². The molecule has 3 aromatic rings. The first-order chi connectivity index (χ1) is 14.7. The number of anilines is 2. The molecule has 8 nitrogen and oxygen atoms in total. The molecule has 31 heavy (non-hydrogen) atoms. The van der Waals surface area contributed by atoms with Gasteiger partial charge in [-0.15, -0.1) is 0 Å². The molecule has 1 atom stereocenters. The molecule has 0 spiro atoms. The number of aromatic nitrogens is 4. The molecule has 9 heteroatoms. The van der Waals surface area contributed by atoms with Crippen LogP contribution < -0.4 is 5.32 Å². The van der Waals surface area contributed by atoms with E-state index < -0.39 is 10.0 Å². The highest BCUT2D eigenvalue weighted by molar-refractivity contribution is 7.89. The Morgan fingerprint density at radius 2 is 1.71 bits per heavy atom. The summed E-state index contributed by atoms with van der Waals surface area (Å²) in [6.45, 7) is 8.15. The molecule has 0 saturated carbocycles. The van der Waals surface area contributed by atoms with Gasteiger partial charge in [-0.25, -0.2) is 23.4 Å². The number of aryl methyl sites for hydroxylation is 4. The second kappa shape index (κ2) is 8.32. The number of hydrogen-bond donors (Lipinski definition) is 1. The average Bonchev–Trinajstić information content (AvgIpc) is 3.20. The van der Waals surface area contributed by atoms with E-state index in [0.717, 1.165) is 28.9 Å². The fourth-order valence-electron chi connectivity index (χ4n) is 3.83.